The summed E-state index contributed by atoms with van der Waals surface area (Å²) in [6.45, 7) is 2.74. The lowest BCUT2D eigenvalue weighted by Crippen LogP contribution is -2.45. The number of pyridine rings is 1. The van der Waals surface area contributed by atoms with Gasteiger partial charge in [0.05, 0.1) is 11.4 Å². The standard InChI is InChI=1S/C17H17ClN2O3/c1-10-9-20(7-6-13(10)17(22)23)16(21)14-5-3-11-2-4-12(18)8-15(11)19-14/h2-5,8,10,13H,6-7,9H2,1H3,(H,22,23). The van der Waals surface area contributed by atoms with Crippen molar-refractivity contribution >= 4 is 34.4 Å². The van der Waals surface area contributed by atoms with Gasteiger partial charge in [0.1, 0.15) is 5.69 Å². The molecule has 120 valence electrons. The Morgan fingerprint density at radius 2 is 2.04 bits per heavy atom. The largest absolute Gasteiger partial charge is 0.481 e. The van der Waals surface area contributed by atoms with Gasteiger partial charge >= 0.3 is 5.97 Å². The Balaban J connectivity index is 1.82. The van der Waals surface area contributed by atoms with Crippen LogP contribution in [0.25, 0.3) is 10.9 Å². The number of carboxylic acid groups (broad SMARTS) is 1. The summed E-state index contributed by atoms with van der Waals surface area (Å²) in [7, 11) is 0. The Morgan fingerprint density at radius 1 is 1.30 bits per heavy atom. The third kappa shape index (κ3) is 3.15. The highest BCUT2D eigenvalue weighted by Gasteiger charge is 2.33. The van der Waals surface area contributed by atoms with Crippen molar-refractivity contribution in [2.45, 2.75) is 13.3 Å². The molecule has 1 fully saturated rings. The van der Waals surface area contributed by atoms with Crippen LogP contribution in [-0.2, 0) is 4.79 Å². The van der Waals surface area contributed by atoms with Crippen molar-refractivity contribution in [3.05, 3.63) is 41.0 Å². The third-order valence-corrected chi connectivity index (χ3v) is 4.62. The zero-order valence-electron chi connectivity index (χ0n) is 12.7. The van der Waals surface area contributed by atoms with Gasteiger partial charge < -0.3 is 10.0 Å². The number of carboxylic acids is 1. The smallest absolute Gasteiger partial charge is 0.306 e. The van der Waals surface area contributed by atoms with Crippen LogP contribution >= 0.6 is 11.6 Å². The van der Waals surface area contributed by atoms with Crippen LogP contribution in [0, 0.1) is 11.8 Å². The highest BCUT2D eigenvalue weighted by molar-refractivity contribution is 6.31. The van der Waals surface area contributed by atoms with Crippen molar-refractivity contribution in [3.8, 4) is 0 Å². The van der Waals surface area contributed by atoms with E-state index < -0.39 is 5.97 Å². The highest BCUT2D eigenvalue weighted by atomic mass is 35.5. The van der Waals surface area contributed by atoms with Crippen molar-refractivity contribution in [2.24, 2.45) is 11.8 Å². The van der Waals surface area contributed by atoms with Crippen molar-refractivity contribution < 1.29 is 14.7 Å². The summed E-state index contributed by atoms with van der Waals surface area (Å²) in [6, 6.07) is 8.92. The maximum absolute atomic E-state index is 12.6. The van der Waals surface area contributed by atoms with Gasteiger partial charge in [0, 0.05) is 23.5 Å². The van der Waals surface area contributed by atoms with E-state index in [1.807, 2.05) is 19.1 Å². The summed E-state index contributed by atoms with van der Waals surface area (Å²) < 4.78 is 0. The molecule has 1 amide bonds. The van der Waals surface area contributed by atoms with Crippen LogP contribution in [-0.4, -0.2) is 40.0 Å². The molecule has 2 heterocycles. The minimum Gasteiger partial charge on any atom is -0.481 e. The molecule has 2 atom stereocenters. The van der Waals surface area contributed by atoms with Gasteiger partial charge in [-0.2, -0.15) is 0 Å². The van der Waals surface area contributed by atoms with E-state index in [9.17, 15) is 9.59 Å². The molecule has 2 aromatic rings. The first-order chi connectivity index (χ1) is 11.0. The van der Waals surface area contributed by atoms with Crippen LogP contribution < -0.4 is 0 Å². The van der Waals surface area contributed by atoms with E-state index >= 15 is 0 Å². The molecule has 1 saturated heterocycles. The van der Waals surface area contributed by atoms with E-state index in [0.29, 0.717) is 35.7 Å². The number of fused-ring (bicyclic) bond motifs is 1. The van der Waals surface area contributed by atoms with Gasteiger partial charge in [0.15, 0.2) is 0 Å². The number of halogens is 1. The van der Waals surface area contributed by atoms with Crippen molar-refractivity contribution in [3.63, 3.8) is 0 Å². The van der Waals surface area contributed by atoms with E-state index in [4.69, 9.17) is 16.7 Å². The number of aliphatic carboxylic acids is 1. The average molecular weight is 333 g/mol. The molecular formula is C17H17ClN2O3. The summed E-state index contributed by atoms with van der Waals surface area (Å²) in [6.07, 6.45) is 0.474. The van der Waals surface area contributed by atoms with Gasteiger partial charge in [-0.25, -0.2) is 4.98 Å². The van der Waals surface area contributed by atoms with E-state index in [0.717, 1.165) is 5.39 Å². The molecule has 1 aliphatic heterocycles. The summed E-state index contributed by atoms with van der Waals surface area (Å²) in [5, 5.41) is 10.7. The predicted octanol–water partition coefficient (Wildman–Crippen LogP) is 3.07. The molecule has 3 rings (SSSR count). The zero-order chi connectivity index (χ0) is 16.6. The van der Waals surface area contributed by atoms with E-state index in [-0.39, 0.29) is 17.7 Å². The van der Waals surface area contributed by atoms with Gasteiger partial charge in [-0.15, -0.1) is 0 Å². The molecule has 1 aromatic carbocycles. The second-order valence-corrected chi connectivity index (χ2v) is 6.43. The van der Waals surface area contributed by atoms with Crippen LogP contribution in [0.4, 0.5) is 0 Å². The van der Waals surface area contributed by atoms with Gasteiger partial charge in [-0.3, -0.25) is 9.59 Å². The Morgan fingerprint density at radius 3 is 2.74 bits per heavy atom. The van der Waals surface area contributed by atoms with E-state index in [1.54, 1.807) is 23.1 Å². The molecule has 23 heavy (non-hydrogen) atoms. The Kier molecular flexibility index (Phi) is 4.22. The number of rotatable bonds is 2. The van der Waals surface area contributed by atoms with Gasteiger partial charge in [-0.1, -0.05) is 30.7 Å². The first kappa shape index (κ1) is 15.7. The number of hydrogen-bond donors (Lipinski definition) is 1. The van der Waals surface area contributed by atoms with Crippen molar-refractivity contribution in [1.82, 2.24) is 9.88 Å². The van der Waals surface area contributed by atoms with Crippen LogP contribution in [0.1, 0.15) is 23.8 Å². The number of benzene rings is 1. The summed E-state index contributed by atoms with van der Waals surface area (Å²) in [5.74, 6) is -1.41. The molecule has 2 unspecified atom stereocenters. The third-order valence-electron chi connectivity index (χ3n) is 4.38. The fourth-order valence-electron chi connectivity index (χ4n) is 3.07. The van der Waals surface area contributed by atoms with Crippen LogP contribution in [0.3, 0.4) is 0 Å². The number of nitrogens with zero attached hydrogens (tertiary/aromatic N) is 2. The second-order valence-electron chi connectivity index (χ2n) is 6.00. The van der Waals surface area contributed by atoms with Crippen LogP contribution in [0.15, 0.2) is 30.3 Å². The molecule has 1 aromatic heterocycles. The highest BCUT2D eigenvalue weighted by Crippen LogP contribution is 2.25. The van der Waals surface area contributed by atoms with Crippen molar-refractivity contribution in [2.75, 3.05) is 13.1 Å². The maximum Gasteiger partial charge on any atom is 0.306 e. The lowest BCUT2D eigenvalue weighted by Gasteiger charge is -2.34. The molecule has 1 aliphatic rings. The molecule has 5 nitrogen and oxygen atoms in total. The normalized spacial score (nSPS) is 21.4. The van der Waals surface area contributed by atoms with Gasteiger partial charge in [0.2, 0.25) is 0 Å². The van der Waals surface area contributed by atoms with E-state index in [2.05, 4.69) is 4.98 Å². The molecule has 6 heteroatoms. The van der Waals surface area contributed by atoms with Gasteiger partial charge in [-0.05, 0) is 30.5 Å². The number of aromatic nitrogens is 1. The Hall–Kier alpha value is -2.14. The molecule has 0 spiro atoms. The van der Waals surface area contributed by atoms with Crippen LogP contribution in [0.2, 0.25) is 5.02 Å². The minimum absolute atomic E-state index is 0.0694. The predicted molar refractivity (Wildman–Crippen MR) is 87.6 cm³/mol. The topological polar surface area (TPSA) is 70.5 Å². The second kappa shape index (κ2) is 6.16. The summed E-state index contributed by atoms with van der Waals surface area (Å²) >= 11 is 5.97. The number of amides is 1. The zero-order valence-corrected chi connectivity index (χ0v) is 13.5. The first-order valence-corrected chi connectivity index (χ1v) is 7.92. The summed E-state index contributed by atoms with van der Waals surface area (Å²) in [4.78, 5) is 29.9. The average Bonchev–Trinajstić information content (AvgIpc) is 2.53. The summed E-state index contributed by atoms with van der Waals surface area (Å²) in [5.41, 5.74) is 1.04. The lowest BCUT2D eigenvalue weighted by molar-refractivity contribution is -0.145. The Bertz CT molecular complexity index is 778. The van der Waals surface area contributed by atoms with E-state index in [1.165, 1.54) is 0 Å². The molecule has 0 saturated carbocycles. The quantitative estimate of drug-likeness (QED) is 0.917. The maximum atomic E-state index is 12.6. The number of piperidine rings is 1. The fraction of sp³-hybridized carbons (Fsp3) is 0.353. The molecule has 1 N–H and O–H groups in total. The lowest BCUT2D eigenvalue weighted by atomic mass is 9.87. The molecule has 0 aliphatic carbocycles. The number of carbonyl (C=O) groups excluding carboxylic acids is 1. The van der Waals surface area contributed by atoms with Crippen LogP contribution in [0.5, 0.6) is 0 Å². The molecular weight excluding hydrogens is 316 g/mol. The monoisotopic (exact) mass is 332 g/mol. The first-order valence-electron chi connectivity index (χ1n) is 7.54. The van der Waals surface area contributed by atoms with Crippen molar-refractivity contribution in [1.29, 1.82) is 0 Å². The van der Waals surface area contributed by atoms with Gasteiger partial charge in [0.25, 0.3) is 5.91 Å². The SMILES string of the molecule is CC1CN(C(=O)c2ccc3ccc(Cl)cc3n2)CCC1C(=O)O. The fourth-order valence-corrected chi connectivity index (χ4v) is 3.23. The number of carbonyl (C=O) groups is 2. The molecule has 0 radical (unpaired) electrons. The Labute approximate surface area is 138 Å². The molecule has 0 bridgehead atoms. The minimum atomic E-state index is -0.789. The number of hydrogen-bond acceptors (Lipinski definition) is 3. The number of likely N-dealkylation sites (tertiary alicyclic amines) is 1.